The highest BCUT2D eigenvalue weighted by Gasteiger charge is 2.24. The van der Waals surface area contributed by atoms with Crippen LogP contribution in [-0.2, 0) is 4.79 Å². The Kier molecular flexibility index (Phi) is 6.03. The zero-order valence-electron chi connectivity index (χ0n) is 13.4. The van der Waals surface area contributed by atoms with Gasteiger partial charge < -0.3 is 24.2 Å². The van der Waals surface area contributed by atoms with Crippen LogP contribution in [0.25, 0.3) is 0 Å². The van der Waals surface area contributed by atoms with Gasteiger partial charge in [0.05, 0.1) is 21.3 Å². The maximum absolute atomic E-state index is 12.6. The number of ether oxygens (including phenoxy) is 3. The van der Waals surface area contributed by atoms with Crippen LogP contribution in [0.2, 0.25) is 0 Å². The molecule has 1 rings (SSSR count). The molecular weight excluding hydrogens is 290 g/mol. The summed E-state index contributed by atoms with van der Waals surface area (Å²) < 4.78 is 15.6. The van der Waals surface area contributed by atoms with Crippen LogP contribution in [0.4, 0.5) is 0 Å². The summed E-state index contributed by atoms with van der Waals surface area (Å²) in [5.41, 5.74) is 0.268. The van der Waals surface area contributed by atoms with E-state index in [1.165, 1.54) is 38.4 Å². The fourth-order valence-electron chi connectivity index (χ4n) is 2.00. The third-order valence-electron chi connectivity index (χ3n) is 3.10. The molecule has 0 aromatic heterocycles. The van der Waals surface area contributed by atoms with Crippen molar-refractivity contribution in [2.24, 2.45) is 0 Å². The summed E-state index contributed by atoms with van der Waals surface area (Å²) in [6, 6.07) is 2.74. The van der Waals surface area contributed by atoms with Gasteiger partial charge in [-0.3, -0.25) is 9.59 Å². The number of hydrogen-bond donors (Lipinski definition) is 1. The summed E-state index contributed by atoms with van der Waals surface area (Å²) in [6.45, 7) is 3.12. The standard InChI is InChI=1S/C15H21NO6/c1-9(2)16(8-13(17)18)15(19)10-6-11(20-3)14(22-5)12(7-10)21-4/h6-7,9H,8H2,1-5H3,(H,17,18). The second kappa shape index (κ2) is 7.53. The lowest BCUT2D eigenvalue weighted by Crippen LogP contribution is -2.40. The number of carboxylic acids is 1. The fourth-order valence-corrected chi connectivity index (χ4v) is 2.00. The van der Waals surface area contributed by atoms with Crippen molar-refractivity contribution in [3.05, 3.63) is 17.7 Å². The number of rotatable bonds is 7. The third kappa shape index (κ3) is 3.81. The van der Waals surface area contributed by atoms with E-state index in [1.54, 1.807) is 13.8 Å². The van der Waals surface area contributed by atoms with Gasteiger partial charge in [0, 0.05) is 11.6 Å². The maximum atomic E-state index is 12.6. The quantitative estimate of drug-likeness (QED) is 0.824. The zero-order chi connectivity index (χ0) is 16.9. The normalized spacial score (nSPS) is 10.3. The first-order valence-electron chi connectivity index (χ1n) is 6.68. The first-order chi connectivity index (χ1) is 10.3. The molecule has 0 aliphatic heterocycles. The third-order valence-corrected chi connectivity index (χ3v) is 3.10. The summed E-state index contributed by atoms with van der Waals surface area (Å²) >= 11 is 0. The number of methoxy groups -OCH3 is 3. The van der Waals surface area contributed by atoms with Crippen molar-refractivity contribution in [1.29, 1.82) is 0 Å². The molecule has 0 heterocycles. The largest absolute Gasteiger partial charge is 0.493 e. The van der Waals surface area contributed by atoms with E-state index in [-0.39, 0.29) is 18.2 Å². The van der Waals surface area contributed by atoms with Gasteiger partial charge in [-0.25, -0.2) is 0 Å². The van der Waals surface area contributed by atoms with Gasteiger partial charge in [-0.15, -0.1) is 0 Å². The van der Waals surface area contributed by atoms with E-state index in [0.29, 0.717) is 17.2 Å². The van der Waals surface area contributed by atoms with Crippen molar-refractivity contribution < 1.29 is 28.9 Å². The predicted molar refractivity (Wildman–Crippen MR) is 79.9 cm³/mol. The summed E-state index contributed by atoms with van der Waals surface area (Å²) in [7, 11) is 4.36. The predicted octanol–water partition coefficient (Wildman–Crippen LogP) is 1.65. The van der Waals surface area contributed by atoms with Gasteiger partial charge in [-0.1, -0.05) is 0 Å². The molecule has 0 bridgehead atoms. The number of carboxylic acid groups (broad SMARTS) is 1. The molecule has 7 heteroatoms. The molecule has 0 saturated carbocycles. The van der Waals surface area contributed by atoms with Crippen LogP contribution in [0.3, 0.4) is 0 Å². The average Bonchev–Trinajstić information content (AvgIpc) is 2.49. The van der Waals surface area contributed by atoms with Crippen molar-refractivity contribution in [1.82, 2.24) is 4.90 Å². The Morgan fingerprint density at radius 3 is 1.91 bits per heavy atom. The molecule has 0 aliphatic rings. The van der Waals surface area contributed by atoms with Gasteiger partial charge in [-0.05, 0) is 26.0 Å². The second-order valence-corrected chi connectivity index (χ2v) is 4.83. The van der Waals surface area contributed by atoms with Gasteiger partial charge in [0.1, 0.15) is 6.54 Å². The zero-order valence-corrected chi connectivity index (χ0v) is 13.4. The molecule has 0 unspecified atom stereocenters. The highest BCUT2D eigenvalue weighted by atomic mass is 16.5. The van der Waals surface area contributed by atoms with Crippen LogP contribution in [0, 0.1) is 0 Å². The molecule has 0 radical (unpaired) electrons. The molecule has 1 aromatic carbocycles. The van der Waals surface area contributed by atoms with Crippen LogP contribution in [0.1, 0.15) is 24.2 Å². The van der Waals surface area contributed by atoms with Crippen LogP contribution in [0.15, 0.2) is 12.1 Å². The topological polar surface area (TPSA) is 85.3 Å². The van der Waals surface area contributed by atoms with E-state index in [1.807, 2.05) is 0 Å². The van der Waals surface area contributed by atoms with E-state index in [0.717, 1.165) is 0 Å². The Bertz CT molecular complexity index is 530. The lowest BCUT2D eigenvalue weighted by Gasteiger charge is -2.25. The van der Waals surface area contributed by atoms with E-state index in [9.17, 15) is 9.59 Å². The van der Waals surface area contributed by atoms with Crippen molar-refractivity contribution in [3.63, 3.8) is 0 Å². The number of hydrogen-bond acceptors (Lipinski definition) is 5. The molecule has 1 N–H and O–H groups in total. The number of benzene rings is 1. The molecule has 1 aromatic rings. The number of carbonyl (C=O) groups excluding carboxylic acids is 1. The molecule has 122 valence electrons. The molecule has 22 heavy (non-hydrogen) atoms. The summed E-state index contributed by atoms with van der Waals surface area (Å²) in [5, 5.41) is 8.95. The molecule has 7 nitrogen and oxygen atoms in total. The Balaban J connectivity index is 3.29. The highest BCUT2D eigenvalue weighted by Crippen LogP contribution is 2.38. The van der Waals surface area contributed by atoms with E-state index >= 15 is 0 Å². The monoisotopic (exact) mass is 311 g/mol. The van der Waals surface area contributed by atoms with Crippen LogP contribution < -0.4 is 14.2 Å². The molecule has 1 amide bonds. The van der Waals surface area contributed by atoms with Gasteiger partial charge in [0.25, 0.3) is 5.91 Å². The second-order valence-electron chi connectivity index (χ2n) is 4.83. The molecule has 0 saturated heterocycles. The lowest BCUT2D eigenvalue weighted by molar-refractivity contribution is -0.138. The summed E-state index contributed by atoms with van der Waals surface area (Å²) in [6.07, 6.45) is 0. The van der Waals surface area contributed by atoms with E-state index < -0.39 is 11.9 Å². The van der Waals surface area contributed by atoms with Crippen molar-refractivity contribution in [3.8, 4) is 17.2 Å². The number of carbonyl (C=O) groups is 2. The van der Waals surface area contributed by atoms with Gasteiger partial charge >= 0.3 is 5.97 Å². The van der Waals surface area contributed by atoms with Gasteiger partial charge in [-0.2, -0.15) is 0 Å². The molecule has 0 aliphatic carbocycles. The molecule has 0 atom stereocenters. The van der Waals surface area contributed by atoms with E-state index in [4.69, 9.17) is 19.3 Å². The Hall–Kier alpha value is -2.44. The smallest absolute Gasteiger partial charge is 0.323 e. The number of aliphatic carboxylic acids is 1. The minimum atomic E-state index is -1.07. The van der Waals surface area contributed by atoms with Crippen LogP contribution in [0.5, 0.6) is 17.2 Å². The first-order valence-corrected chi connectivity index (χ1v) is 6.68. The minimum absolute atomic E-state index is 0.261. The SMILES string of the molecule is COc1cc(C(=O)N(CC(=O)O)C(C)C)cc(OC)c1OC. The first kappa shape index (κ1) is 17.6. The Labute approximate surface area is 129 Å². The molecule has 0 fully saturated rings. The highest BCUT2D eigenvalue weighted by molar-refractivity contribution is 5.97. The van der Waals surface area contributed by atoms with Gasteiger partial charge in [0.2, 0.25) is 5.75 Å². The van der Waals surface area contributed by atoms with Crippen molar-refractivity contribution in [2.45, 2.75) is 19.9 Å². The Morgan fingerprint density at radius 1 is 1.09 bits per heavy atom. The number of amides is 1. The van der Waals surface area contributed by atoms with Gasteiger partial charge in [0.15, 0.2) is 11.5 Å². The number of nitrogens with zero attached hydrogens (tertiary/aromatic N) is 1. The minimum Gasteiger partial charge on any atom is -0.493 e. The van der Waals surface area contributed by atoms with Crippen molar-refractivity contribution in [2.75, 3.05) is 27.9 Å². The van der Waals surface area contributed by atoms with E-state index in [2.05, 4.69) is 0 Å². The Morgan fingerprint density at radius 2 is 1.59 bits per heavy atom. The summed E-state index contributed by atoms with van der Waals surface area (Å²) in [5.74, 6) is -0.449. The van der Waals surface area contributed by atoms with Crippen molar-refractivity contribution >= 4 is 11.9 Å². The average molecular weight is 311 g/mol. The summed E-state index contributed by atoms with van der Waals surface area (Å²) in [4.78, 5) is 24.8. The van der Waals surface area contributed by atoms with Crippen LogP contribution in [-0.4, -0.2) is 55.8 Å². The van der Waals surface area contributed by atoms with Crippen LogP contribution >= 0.6 is 0 Å². The molecular formula is C15H21NO6. The fraction of sp³-hybridized carbons (Fsp3) is 0.467. The lowest BCUT2D eigenvalue weighted by atomic mass is 10.1. The maximum Gasteiger partial charge on any atom is 0.323 e. The molecule has 0 spiro atoms.